The molecule has 0 radical (unpaired) electrons. The van der Waals surface area contributed by atoms with Gasteiger partial charge in [-0.15, -0.1) is 0 Å². The van der Waals surface area contributed by atoms with Crippen molar-refractivity contribution in [2.75, 3.05) is 11.9 Å². The normalized spacial score (nSPS) is 24.1. The van der Waals surface area contributed by atoms with Crippen molar-refractivity contribution in [3.8, 4) is 0 Å². The molecule has 0 amide bonds. The highest BCUT2D eigenvalue weighted by atomic mass is 32.2. The molecule has 1 fully saturated rings. The lowest BCUT2D eigenvalue weighted by Gasteiger charge is -2.20. The fourth-order valence-corrected chi connectivity index (χ4v) is 2.98. The van der Waals surface area contributed by atoms with Crippen molar-refractivity contribution < 1.29 is 8.42 Å². The Labute approximate surface area is 108 Å². The summed E-state index contributed by atoms with van der Waals surface area (Å²) in [6, 6.07) is 6.90. The third kappa shape index (κ3) is 3.01. The number of anilines is 1. The standard InChI is InChI=1S/C12H19N3O2S/c13-8-9-2-1-3-12(9)15-10-4-6-11(7-5-10)18(14,16)17/h4-7,9,12,15H,1-3,8,13H2,(H2,14,16,17). The van der Waals surface area contributed by atoms with Gasteiger partial charge in [0.2, 0.25) is 10.0 Å². The maximum Gasteiger partial charge on any atom is 0.238 e. The van der Waals surface area contributed by atoms with Crippen LogP contribution in [-0.4, -0.2) is 21.0 Å². The molecule has 0 bridgehead atoms. The minimum atomic E-state index is -3.61. The van der Waals surface area contributed by atoms with Crippen LogP contribution in [0.25, 0.3) is 0 Å². The van der Waals surface area contributed by atoms with E-state index in [0.717, 1.165) is 18.5 Å². The summed E-state index contributed by atoms with van der Waals surface area (Å²) in [7, 11) is -3.61. The predicted molar refractivity (Wildman–Crippen MR) is 71.6 cm³/mol. The van der Waals surface area contributed by atoms with Gasteiger partial charge in [0.1, 0.15) is 0 Å². The molecule has 1 aliphatic rings. The van der Waals surface area contributed by atoms with Gasteiger partial charge in [-0.05, 0) is 49.6 Å². The average molecular weight is 269 g/mol. The van der Waals surface area contributed by atoms with Gasteiger partial charge in [0.05, 0.1) is 4.90 Å². The second kappa shape index (κ2) is 5.26. The topological polar surface area (TPSA) is 98.2 Å². The highest BCUT2D eigenvalue weighted by Gasteiger charge is 2.25. The zero-order valence-corrected chi connectivity index (χ0v) is 11.0. The molecule has 1 saturated carbocycles. The smallest absolute Gasteiger partial charge is 0.238 e. The molecule has 2 atom stereocenters. The summed E-state index contributed by atoms with van der Waals surface area (Å²) in [6.07, 6.45) is 3.46. The van der Waals surface area contributed by atoms with Gasteiger partial charge in [-0.3, -0.25) is 0 Å². The van der Waals surface area contributed by atoms with Gasteiger partial charge >= 0.3 is 0 Å². The van der Waals surface area contributed by atoms with E-state index in [-0.39, 0.29) is 4.90 Å². The first-order valence-corrected chi connectivity index (χ1v) is 7.65. The first-order chi connectivity index (χ1) is 8.50. The number of primary sulfonamides is 1. The molecule has 0 heterocycles. The van der Waals surface area contributed by atoms with Crippen LogP contribution >= 0.6 is 0 Å². The summed E-state index contributed by atoms with van der Waals surface area (Å²) < 4.78 is 22.3. The van der Waals surface area contributed by atoms with Crippen LogP contribution in [0, 0.1) is 5.92 Å². The summed E-state index contributed by atoms with van der Waals surface area (Å²) in [6.45, 7) is 0.687. The van der Waals surface area contributed by atoms with E-state index in [4.69, 9.17) is 10.9 Å². The largest absolute Gasteiger partial charge is 0.382 e. The molecule has 18 heavy (non-hydrogen) atoms. The molecule has 5 N–H and O–H groups in total. The van der Waals surface area contributed by atoms with E-state index < -0.39 is 10.0 Å². The Morgan fingerprint density at radius 2 is 1.89 bits per heavy atom. The molecule has 100 valence electrons. The van der Waals surface area contributed by atoms with Crippen molar-refractivity contribution in [3.05, 3.63) is 24.3 Å². The summed E-state index contributed by atoms with van der Waals surface area (Å²) in [5.41, 5.74) is 6.63. The van der Waals surface area contributed by atoms with Gasteiger partial charge in [0.25, 0.3) is 0 Å². The van der Waals surface area contributed by atoms with Crippen LogP contribution in [0.2, 0.25) is 0 Å². The van der Waals surface area contributed by atoms with Gasteiger partial charge in [0.15, 0.2) is 0 Å². The lowest BCUT2D eigenvalue weighted by molar-refractivity contribution is 0.516. The Balaban J connectivity index is 2.07. The van der Waals surface area contributed by atoms with E-state index in [1.54, 1.807) is 12.1 Å². The Morgan fingerprint density at radius 1 is 1.22 bits per heavy atom. The van der Waals surface area contributed by atoms with Crippen LogP contribution in [0.1, 0.15) is 19.3 Å². The van der Waals surface area contributed by atoms with Crippen LogP contribution in [0.3, 0.4) is 0 Å². The molecule has 1 aromatic rings. The van der Waals surface area contributed by atoms with Crippen molar-refractivity contribution in [2.24, 2.45) is 16.8 Å². The maximum atomic E-state index is 11.1. The van der Waals surface area contributed by atoms with Crippen molar-refractivity contribution >= 4 is 15.7 Å². The van der Waals surface area contributed by atoms with Gasteiger partial charge in [-0.25, -0.2) is 13.6 Å². The number of nitrogens with one attached hydrogen (secondary N) is 1. The van der Waals surface area contributed by atoms with Crippen LogP contribution in [0.4, 0.5) is 5.69 Å². The summed E-state index contributed by atoms with van der Waals surface area (Å²) in [5.74, 6) is 0.503. The van der Waals surface area contributed by atoms with E-state index in [0.29, 0.717) is 18.5 Å². The van der Waals surface area contributed by atoms with E-state index in [1.165, 1.54) is 18.6 Å². The SMILES string of the molecule is NCC1CCCC1Nc1ccc(S(N)(=O)=O)cc1. The highest BCUT2D eigenvalue weighted by molar-refractivity contribution is 7.89. The molecule has 2 unspecified atom stereocenters. The fourth-order valence-electron chi connectivity index (χ4n) is 2.46. The third-order valence-electron chi connectivity index (χ3n) is 3.50. The maximum absolute atomic E-state index is 11.1. The minimum Gasteiger partial charge on any atom is -0.382 e. The molecule has 1 aliphatic carbocycles. The zero-order chi connectivity index (χ0) is 13.2. The molecule has 1 aromatic carbocycles. The minimum absolute atomic E-state index is 0.134. The Morgan fingerprint density at radius 3 is 2.44 bits per heavy atom. The number of benzene rings is 1. The zero-order valence-electron chi connectivity index (χ0n) is 10.2. The average Bonchev–Trinajstić information content (AvgIpc) is 2.76. The molecule has 2 rings (SSSR count). The van der Waals surface area contributed by atoms with Crippen LogP contribution < -0.4 is 16.2 Å². The Kier molecular flexibility index (Phi) is 3.89. The summed E-state index contributed by atoms with van der Waals surface area (Å²) in [5, 5.41) is 8.45. The van der Waals surface area contributed by atoms with E-state index in [1.807, 2.05) is 0 Å². The van der Waals surface area contributed by atoms with E-state index >= 15 is 0 Å². The van der Waals surface area contributed by atoms with Gasteiger partial charge in [-0.1, -0.05) is 6.42 Å². The number of hydrogen-bond acceptors (Lipinski definition) is 4. The molecular weight excluding hydrogens is 250 g/mol. The Hall–Kier alpha value is -1.11. The van der Waals surface area contributed by atoms with Gasteiger partial charge < -0.3 is 11.1 Å². The van der Waals surface area contributed by atoms with Crippen molar-refractivity contribution in [3.63, 3.8) is 0 Å². The quantitative estimate of drug-likeness (QED) is 0.755. The molecular formula is C12H19N3O2S. The molecule has 0 aliphatic heterocycles. The molecule has 5 nitrogen and oxygen atoms in total. The van der Waals surface area contributed by atoms with Crippen molar-refractivity contribution in [2.45, 2.75) is 30.2 Å². The summed E-state index contributed by atoms with van der Waals surface area (Å²) >= 11 is 0. The first-order valence-electron chi connectivity index (χ1n) is 6.10. The van der Waals surface area contributed by atoms with Gasteiger partial charge in [-0.2, -0.15) is 0 Å². The second-order valence-corrected chi connectivity index (χ2v) is 6.31. The van der Waals surface area contributed by atoms with Crippen LogP contribution in [0.5, 0.6) is 0 Å². The fraction of sp³-hybridized carbons (Fsp3) is 0.500. The first kappa shape index (κ1) is 13.3. The third-order valence-corrected chi connectivity index (χ3v) is 4.43. The van der Waals surface area contributed by atoms with E-state index in [2.05, 4.69) is 5.32 Å². The second-order valence-electron chi connectivity index (χ2n) is 4.75. The summed E-state index contributed by atoms with van der Waals surface area (Å²) in [4.78, 5) is 0.134. The van der Waals surface area contributed by atoms with Crippen molar-refractivity contribution in [1.82, 2.24) is 0 Å². The molecule has 0 saturated heterocycles. The monoisotopic (exact) mass is 269 g/mol. The molecule has 6 heteroatoms. The number of hydrogen-bond donors (Lipinski definition) is 3. The van der Waals surface area contributed by atoms with Crippen LogP contribution in [0.15, 0.2) is 29.2 Å². The van der Waals surface area contributed by atoms with E-state index in [9.17, 15) is 8.42 Å². The number of nitrogens with two attached hydrogens (primary N) is 2. The highest BCUT2D eigenvalue weighted by Crippen LogP contribution is 2.27. The molecule has 0 aromatic heterocycles. The van der Waals surface area contributed by atoms with Gasteiger partial charge in [0, 0.05) is 11.7 Å². The lowest BCUT2D eigenvalue weighted by Crippen LogP contribution is -2.29. The Bertz CT molecular complexity index is 499. The van der Waals surface area contributed by atoms with Crippen LogP contribution in [-0.2, 0) is 10.0 Å². The molecule has 0 spiro atoms. The van der Waals surface area contributed by atoms with Crippen molar-refractivity contribution in [1.29, 1.82) is 0 Å². The lowest BCUT2D eigenvalue weighted by atomic mass is 10.0. The number of rotatable bonds is 4. The number of sulfonamides is 1. The predicted octanol–water partition coefficient (Wildman–Crippen LogP) is 0.873.